The van der Waals surface area contributed by atoms with Crippen LogP contribution in [0.15, 0.2) is 53.6 Å². The van der Waals surface area contributed by atoms with Crippen LogP contribution in [0.5, 0.6) is 0 Å². The zero-order valence-corrected chi connectivity index (χ0v) is 12.1. The van der Waals surface area contributed by atoms with Crippen molar-refractivity contribution in [2.45, 2.75) is 26.2 Å². The minimum Gasteiger partial charge on any atom is -0.267 e. The Balaban J connectivity index is 1.82. The first-order valence-electron chi connectivity index (χ1n) is 7.26. The predicted molar refractivity (Wildman–Crippen MR) is 84.6 cm³/mol. The van der Waals surface area contributed by atoms with E-state index in [0.29, 0.717) is 5.56 Å². The van der Waals surface area contributed by atoms with Crippen molar-refractivity contribution in [1.82, 2.24) is 5.43 Å². The summed E-state index contributed by atoms with van der Waals surface area (Å²) < 4.78 is 0. The van der Waals surface area contributed by atoms with Crippen molar-refractivity contribution in [3.8, 4) is 0 Å². The van der Waals surface area contributed by atoms with E-state index in [1.807, 2.05) is 43.3 Å². The van der Waals surface area contributed by atoms with Crippen LogP contribution in [0.3, 0.4) is 0 Å². The number of aryl methyl sites for hydroxylation is 2. The molecule has 0 radical (unpaired) electrons. The number of carbonyl (C=O) groups is 1. The number of nitrogens with one attached hydrogen (secondary N) is 1. The van der Waals surface area contributed by atoms with Gasteiger partial charge in [-0.2, -0.15) is 5.10 Å². The quantitative estimate of drug-likeness (QED) is 0.840. The van der Waals surface area contributed by atoms with Crippen LogP contribution >= 0.6 is 0 Å². The van der Waals surface area contributed by atoms with Crippen LogP contribution in [0, 0.1) is 6.92 Å². The zero-order chi connectivity index (χ0) is 14.7. The molecule has 1 aliphatic carbocycles. The molecule has 21 heavy (non-hydrogen) atoms. The van der Waals surface area contributed by atoms with Crippen molar-refractivity contribution in [2.24, 2.45) is 5.10 Å². The van der Waals surface area contributed by atoms with Gasteiger partial charge in [0.05, 0.1) is 5.71 Å². The number of hydrazone groups is 1. The van der Waals surface area contributed by atoms with Crippen LogP contribution in [0.4, 0.5) is 0 Å². The standard InChI is InChI=1S/C18H18N2O/c1-13-7-2-4-10-15(13)18(21)20-19-17-12-6-9-14-8-3-5-11-16(14)17/h2-5,7-8,10-11H,6,9,12H2,1H3,(H,20,21)/b19-17-. The Kier molecular flexibility index (Phi) is 3.82. The fraction of sp³-hybridized carbons (Fsp3) is 0.222. The molecule has 3 nitrogen and oxygen atoms in total. The van der Waals surface area contributed by atoms with E-state index in [-0.39, 0.29) is 5.91 Å². The maximum atomic E-state index is 12.2. The van der Waals surface area contributed by atoms with Crippen LogP contribution in [-0.4, -0.2) is 11.6 Å². The molecular formula is C18H18N2O. The molecule has 1 amide bonds. The van der Waals surface area contributed by atoms with Gasteiger partial charge >= 0.3 is 0 Å². The topological polar surface area (TPSA) is 41.5 Å². The molecule has 1 N–H and O–H groups in total. The zero-order valence-electron chi connectivity index (χ0n) is 12.1. The first kappa shape index (κ1) is 13.6. The van der Waals surface area contributed by atoms with Crippen LogP contribution in [0.2, 0.25) is 0 Å². The van der Waals surface area contributed by atoms with E-state index in [4.69, 9.17) is 0 Å². The summed E-state index contributed by atoms with van der Waals surface area (Å²) in [5, 5.41) is 4.36. The summed E-state index contributed by atoms with van der Waals surface area (Å²) >= 11 is 0. The molecule has 1 aliphatic rings. The van der Waals surface area contributed by atoms with E-state index in [9.17, 15) is 4.79 Å². The molecule has 0 spiro atoms. The molecule has 2 aromatic rings. The highest BCUT2D eigenvalue weighted by Crippen LogP contribution is 2.21. The number of fused-ring (bicyclic) bond motifs is 1. The lowest BCUT2D eigenvalue weighted by molar-refractivity contribution is 0.0954. The van der Waals surface area contributed by atoms with Gasteiger partial charge in [-0.05, 0) is 43.4 Å². The Labute approximate surface area is 124 Å². The first-order chi connectivity index (χ1) is 10.3. The molecule has 0 unspecified atom stereocenters. The van der Waals surface area contributed by atoms with Gasteiger partial charge in [0.1, 0.15) is 0 Å². The fourth-order valence-corrected chi connectivity index (χ4v) is 2.72. The molecule has 0 saturated heterocycles. The van der Waals surface area contributed by atoms with Gasteiger partial charge in [-0.3, -0.25) is 4.79 Å². The molecular weight excluding hydrogens is 260 g/mol. The molecule has 0 bridgehead atoms. The maximum absolute atomic E-state index is 12.2. The summed E-state index contributed by atoms with van der Waals surface area (Å²) in [6.45, 7) is 1.93. The molecule has 3 heteroatoms. The van der Waals surface area contributed by atoms with Crippen LogP contribution in [0.1, 0.15) is 39.9 Å². The third-order valence-electron chi connectivity index (χ3n) is 3.87. The second-order valence-electron chi connectivity index (χ2n) is 5.33. The minimum atomic E-state index is -0.149. The smallest absolute Gasteiger partial charge is 0.267 e. The largest absolute Gasteiger partial charge is 0.271 e. The third kappa shape index (κ3) is 2.87. The number of rotatable bonds is 2. The highest BCUT2D eigenvalue weighted by Gasteiger charge is 2.15. The van der Waals surface area contributed by atoms with Gasteiger partial charge < -0.3 is 0 Å². The fourth-order valence-electron chi connectivity index (χ4n) is 2.72. The van der Waals surface area contributed by atoms with Crippen molar-refractivity contribution in [1.29, 1.82) is 0 Å². The average molecular weight is 278 g/mol. The summed E-state index contributed by atoms with van der Waals surface area (Å²) in [7, 11) is 0. The molecule has 0 fully saturated rings. The first-order valence-corrected chi connectivity index (χ1v) is 7.26. The van der Waals surface area contributed by atoms with Crippen molar-refractivity contribution < 1.29 is 4.79 Å². The third-order valence-corrected chi connectivity index (χ3v) is 3.87. The number of nitrogens with zero attached hydrogens (tertiary/aromatic N) is 1. The molecule has 0 heterocycles. The van der Waals surface area contributed by atoms with Gasteiger partial charge in [-0.1, -0.05) is 42.5 Å². The molecule has 106 valence electrons. The van der Waals surface area contributed by atoms with Crippen LogP contribution < -0.4 is 5.43 Å². The van der Waals surface area contributed by atoms with E-state index in [0.717, 1.165) is 36.1 Å². The highest BCUT2D eigenvalue weighted by molar-refractivity contribution is 6.04. The summed E-state index contributed by atoms with van der Waals surface area (Å²) in [5.74, 6) is -0.149. The molecule has 0 aliphatic heterocycles. The predicted octanol–water partition coefficient (Wildman–Crippen LogP) is 3.47. The number of carbonyl (C=O) groups excluding carboxylic acids is 1. The van der Waals surface area contributed by atoms with Gasteiger partial charge in [0.2, 0.25) is 0 Å². The number of amides is 1. The Morgan fingerprint density at radius 1 is 1.05 bits per heavy atom. The Morgan fingerprint density at radius 2 is 1.81 bits per heavy atom. The summed E-state index contributed by atoms with van der Waals surface area (Å²) in [6, 6.07) is 15.8. The van der Waals surface area contributed by atoms with Gasteiger partial charge in [-0.15, -0.1) is 0 Å². The minimum absolute atomic E-state index is 0.149. The second-order valence-corrected chi connectivity index (χ2v) is 5.33. The second kappa shape index (κ2) is 5.92. The maximum Gasteiger partial charge on any atom is 0.271 e. The van der Waals surface area contributed by atoms with E-state index < -0.39 is 0 Å². The average Bonchev–Trinajstić information content (AvgIpc) is 2.53. The van der Waals surface area contributed by atoms with Gasteiger partial charge in [0.25, 0.3) is 5.91 Å². The number of hydrogen-bond donors (Lipinski definition) is 1. The number of benzene rings is 2. The molecule has 2 aromatic carbocycles. The number of hydrogen-bond acceptors (Lipinski definition) is 2. The molecule has 0 aromatic heterocycles. The summed E-state index contributed by atoms with van der Waals surface area (Å²) in [5.41, 5.74) is 7.77. The van der Waals surface area contributed by atoms with Crippen molar-refractivity contribution in [3.63, 3.8) is 0 Å². The molecule has 3 rings (SSSR count). The van der Waals surface area contributed by atoms with Crippen molar-refractivity contribution in [3.05, 3.63) is 70.8 Å². The van der Waals surface area contributed by atoms with Crippen molar-refractivity contribution in [2.75, 3.05) is 0 Å². The van der Waals surface area contributed by atoms with E-state index in [1.165, 1.54) is 5.56 Å². The van der Waals surface area contributed by atoms with Gasteiger partial charge in [-0.25, -0.2) is 5.43 Å². The van der Waals surface area contributed by atoms with E-state index in [1.54, 1.807) is 0 Å². The lowest BCUT2D eigenvalue weighted by Crippen LogP contribution is -2.22. The summed E-state index contributed by atoms with van der Waals surface area (Å²) in [4.78, 5) is 12.2. The van der Waals surface area contributed by atoms with Gasteiger partial charge in [0, 0.05) is 11.1 Å². The van der Waals surface area contributed by atoms with Gasteiger partial charge in [0.15, 0.2) is 0 Å². The Morgan fingerprint density at radius 3 is 2.67 bits per heavy atom. The SMILES string of the molecule is Cc1ccccc1C(=O)N/N=C1/CCCc2ccccc21. The Hall–Kier alpha value is -2.42. The van der Waals surface area contributed by atoms with Crippen LogP contribution in [0.25, 0.3) is 0 Å². The van der Waals surface area contributed by atoms with Crippen molar-refractivity contribution >= 4 is 11.6 Å². The lowest BCUT2D eigenvalue weighted by atomic mass is 9.90. The Bertz CT molecular complexity index is 704. The molecule has 0 saturated carbocycles. The summed E-state index contributed by atoms with van der Waals surface area (Å²) in [6.07, 6.45) is 3.07. The monoisotopic (exact) mass is 278 g/mol. The molecule has 0 atom stereocenters. The lowest BCUT2D eigenvalue weighted by Gasteiger charge is -2.17. The highest BCUT2D eigenvalue weighted by atomic mass is 16.2. The van der Waals surface area contributed by atoms with Crippen LogP contribution in [-0.2, 0) is 6.42 Å². The van der Waals surface area contributed by atoms with E-state index in [2.05, 4.69) is 22.7 Å². The normalized spacial score (nSPS) is 15.6. The van der Waals surface area contributed by atoms with E-state index >= 15 is 0 Å².